The summed E-state index contributed by atoms with van der Waals surface area (Å²) in [6, 6.07) is 12.2. The van der Waals surface area contributed by atoms with Crippen molar-refractivity contribution in [1.82, 2.24) is 0 Å². The maximum atomic E-state index is 13.7. The van der Waals surface area contributed by atoms with Gasteiger partial charge in [-0.25, -0.2) is 4.39 Å². The predicted octanol–water partition coefficient (Wildman–Crippen LogP) is 4.24. The van der Waals surface area contributed by atoms with E-state index in [1.54, 1.807) is 19.2 Å². The third-order valence-corrected chi connectivity index (χ3v) is 2.62. The van der Waals surface area contributed by atoms with E-state index in [9.17, 15) is 4.39 Å². The van der Waals surface area contributed by atoms with E-state index in [1.165, 1.54) is 6.07 Å². The second-order valence-corrected chi connectivity index (χ2v) is 3.75. The van der Waals surface area contributed by atoms with Crippen LogP contribution in [0.5, 0.6) is 5.75 Å². The van der Waals surface area contributed by atoms with Crippen LogP contribution in [0.25, 0.3) is 11.1 Å². The number of hydrogen-bond acceptors (Lipinski definition) is 3. The molecule has 0 aromatic heterocycles. The summed E-state index contributed by atoms with van der Waals surface area (Å²) in [5, 5.41) is 2.15. The first kappa shape index (κ1) is 12.4. The van der Waals surface area contributed by atoms with E-state index in [0.29, 0.717) is 5.75 Å². The van der Waals surface area contributed by atoms with Crippen molar-refractivity contribution in [2.24, 2.45) is 4.99 Å². The number of benzene rings is 2. The molecule has 0 bridgehead atoms. The van der Waals surface area contributed by atoms with E-state index in [-0.39, 0.29) is 5.69 Å². The third-order valence-electron chi connectivity index (χ3n) is 2.53. The summed E-state index contributed by atoms with van der Waals surface area (Å²) in [4.78, 5) is 3.64. The summed E-state index contributed by atoms with van der Waals surface area (Å²) < 4.78 is 19.0. The molecule has 0 radical (unpaired) electrons. The number of methoxy groups -OCH3 is 1. The number of thiocarbonyl (C=S) groups is 1. The van der Waals surface area contributed by atoms with E-state index < -0.39 is 5.82 Å². The summed E-state index contributed by atoms with van der Waals surface area (Å²) >= 11 is 4.46. The zero-order chi connectivity index (χ0) is 13.0. The molecule has 0 saturated heterocycles. The highest BCUT2D eigenvalue weighted by atomic mass is 32.1. The van der Waals surface area contributed by atoms with Crippen molar-refractivity contribution in [3.05, 3.63) is 48.3 Å². The van der Waals surface area contributed by atoms with E-state index in [0.717, 1.165) is 11.1 Å². The zero-order valence-corrected chi connectivity index (χ0v) is 10.5. The van der Waals surface area contributed by atoms with E-state index in [4.69, 9.17) is 4.74 Å². The molecule has 2 nitrogen and oxygen atoms in total. The molecule has 0 fully saturated rings. The van der Waals surface area contributed by atoms with E-state index >= 15 is 0 Å². The number of para-hydroxylation sites is 1. The van der Waals surface area contributed by atoms with Crippen LogP contribution in [0, 0.1) is 5.82 Å². The van der Waals surface area contributed by atoms with Crippen LogP contribution >= 0.6 is 12.2 Å². The van der Waals surface area contributed by atoms with Gasteiger partial charge in [-0.15, -0.1) is 0 Å². The Morgan fingerprint density at radius 3 is 2.67 bits per heavy atom. The Bertz CT molecular complexity index is 621. The zero-order valence-electron chi connectivity index (χ0n) is 9.68. The molecule has 0 unspecified atom stereocenters. The molecular weight excluding hydrogens is 249 g/mol. The van der Waals surface area contributed by atoms with Gasteiger partial charge in [0.2, 0.25) is 0 Å². The first-order valence-corrected chi connectivity index (χ1v) is 5.68. The molecule has 0 saturated carbocycles. The maximum absolute atomic E-state index is 13.7. The minimum atomic E-state index is -0.434. The highest BCUT2D eigenvalue weighted by Gasteiger charge is 2.08. The number of ether oxygens (including phenoxy) is 1. The molecule has 0 spiro atoms. The molecule has 0 amide bonds. The summed E-state index contributed by atoms with van der Waals surface area (Å²) in [6.07, 6.45) is 0. The van der Waals surface area contributed by atoms with Crippen molar-refractivity contribution >= 4 is 23.1 Å². The van der Waals surface area contributed by atoms with Crippen molar-refractivity contribution in [2.75, 3.05) is 7.11 Å². The molecule has 0 aliphatic rings. The van der Waals surface area contributed by atoms with Crippen molar-refractivity contribution in [2.45, 2.75) is 0 Å². The lowest BCUT2D eigenvalue weighted by molar-refractivity contribution is 0.416. The fourth-order valence-electron chi connectivity index (χ4n) is 1.70. The van der Waals surface area contributed by atoms with Gasteiger partial charge in [-0.05, 0) is 36.0 Å². The average molecular weight is 259 g/mol. The van der Waals surface area contributed by atoms with E-state index in [2.05, 4.69) is 22.4 Å². The van der Waals surface area contributed by atoms with Gasteiger partial charge >= 0.3 is 0 Å². The Morgan fingerprint density at radius 1 is 1.22 bits per heavy atom. The van der Waals surface area contributed by atoms with Crippen LogP contribution in [0.2, 0.25) is 0 Å². The second kappa shape index (κ2) is 5.54. The van der Waals surface area contributed by atoms with E-state index in [1.807, 2.05) is 24.3 Å². The number of aliphatic imine (C=N–C) groups is 1. The SMILES string of the molecule is COc1ccccc1-c1ccc(N=C=S)c(F)c1. The summed E-state index contributed by atoms with van der Waals surface area (Å²) in [7, 11) is 1.58. The van der Waals surface area contributed by atoms with Gasteiger partial charge in [0.25, 0.3) is 0 Å². The number of isothiocyanates is 1. The smallest absolute Gasteiger partial charge is 0.150 e. The van der Waals surface area contributed by atoms with Crippen LogP contribution in [-0.4, -0.2) is 12.3 Å². The Labute approximate surface area is 110 Å². The monoisotopic (exact) mass is 259 g/mol. The molecule has 0 aliphatic heterocycles. The Hall–Kier alpha value is -2.03. The molecule has 0 N–H and O–H groups in total. The van der Waals surface area contributed by atoms with Crippen LogP contribution in [-0.2, 0) is 0 Å². The van der Waals surface area contributed by atoms with Crippen LogP contribution in [0.15, 0.2) is 47.5 Å². The first-order valence-electron chi connectivity index (χ1n) is 5.27. The Kier molecular flexibility index (Phi) is 3.82. The van der Waals surface area contributed by atoms with Crippen LogP contribution in [0.4, 0.5) is 10.1 Å². The molecule has 0 heterocycles. The molecule has 2 rings (SSSR count). The number of rotatable bonds is 3. The lowest BCUT2D eigenvalue weighted by Gasteiger charge is -2.08. The van der Waals surface area contributed by atoms with Gasteiger partial charge < -0.3 is 4.74 Å². The van der Waals surface area contributed by atoms with Crippen LogP contribution < -0.4 is 4.74 Å². The van der Waals surface area contributed by atoms with Crippen molar-refractivity contribution in [3.63, 3.8) is 0 Å². The van der Waals surface area contributed by atoms with Gasteiger partial charge in [-0.2, -0.15) is 4.99 Å². The quantitative estimate of drug-likeness (QED) is 0.607. The summed E-state index contributed by atoms with van der Waals surface area (Å²) in [5.41, 5.74) is 1.74. The average Bonchev–Trinajstić information content (AvgIpc) is 2.41. The fourth-order valence-corrected chi connectivity index (χ4v) is 1.80. The normalized spacial score (nSPS) is 9.67. The molecule has 90 valence electrons. The molecule has 2 aromatic carbocycles. The lowest BCUT2D eigenvalue weighted by Crippen LogP contribution is -1.88. The topological polar surface area (TPSA) is 21.6 Å². The molecule has 2 aromatic rings. The number of hydrogen-bond donors (Lipinski definition) is 0. The highest BCUT2D eigenvalue weighted by Crippen LogP contribution is 2.32. The summed E-state index contributed by atoms with van der Waals surface area (Å²) in [6.45, 7) is 0. The Morgan fingerprint density at radius 2 is 2.00 bits per heavy atom. The highest BCUT2D eigenvalue weighted by molar-refractivity contribution is 7.78. The molecule has 18 heavy (non-hydrogen) atoms. The lowest BCUT2D eigenvalue weighted by atomic mass is 10.0. The van der Waals surface area contributed by atoms with Crippen molar-refractivity contribution in [3.8, 4) is 16.9 Å². The van der Waals surface area contributed by atoms with Gasteiger partial charge in [-0.1, -0.05) is 24.3 Å². The second-order valence-electron chi connectivity index (χ2n) is 3.57. The molecular formula is C14H10FNOS. The van der Waals surface area contributed by atoms with Gasteiger partial charge in [0.05, 0.1) is 12.3 Å². The standard InChI is InChI=1S/C14H10FNOS/c1-17-14-5-3-2-4-11(14)10-6-7-13(16-9-18)12(15)8-10/h2-8H,1H3. The maximum Gasteiger partial charge on any atom is 0.150 e. The van der Waals surface area contributed by atoms with Gasteiger partial charge in [0.1, 0.15) is 17.3 Å². The number of nitrogens with zero attached hydrogens (tertiary/aromatic N) is 1. The van der Waals surface area contributed by atoms with Gasteiger partial charge in [0.15, 0.2) is 0 Å². The predicted molar refractivity (Wildman–Crippen MR) is 73.1 cm³/mol. The van der Waals surface area contributed by atoms with Gasteiger partial charge in [-0.3, -0.25) is 0 Å². The van der Waals surface area contributed by atoms with Crippen molar-refractivity contribution in [1.29, 1.82) is 0 Å². The molecule has 4 heteroatoms. The minimum Gasteiger partial charge on any atom is -0.496 e. The molecule has 0 atom stereocenters. The largest absolute Gasteiger partial charge is 0.496 e. The van der Waals surface area contributed by atoms with Crippen molar-refractivity contribution < 1.29 is 9.13 Å². The van der Waals surface area contributed by atoms with Crippen LogP contribution in [0.1, 0.15) is 0 Å². The fraction of sp³-hybridized carbons (Fsp3) is 0.0714. The minimum absolute atomic E-state index is 0.184. The first-order chi connectivity index (χ1) is 8.76. The number of halogens is 1. The van der Waals surface area contributed by atoms with Gasteiger partial charge in [0, 0.05) is 5.56 Å². The third kappa shape index (κ3) is 2.45. The Balaban J connectivity index is 2.52. The summed E-state index contributed by atoms with van der Waals surface area (Å²) in [5.74, 6) is 0.263. The van der Waals surface area contributed by atoms with Crippen LogP contribution in [0.3, 0.4) is 0 Å². The molecule has 0 aliphatic carbocycles.